The van der Waals surface area contributed by atoms with E-state index in [4.69, 9.17) is 0 Å². The van der Waals surface area contributed by atoms with Crippen LogP contribution < -0.4 is 0 Å². The lowest BCUT2D eigenvalue weighted by molar-refractivity contribution is -0.134. The molecule has 1 amide bonds. The maximum Gasteiger partial charge on any atom is 0.230 e. The van der Waals surface area contributed by atoms with Crippen LogP contribution in [0.3, 0.4) is 0 Å². The standard InChI is InChI=1S/C25H28N2O/c1-2-24(21-12-7-4-8-13-21)25(28)27(22-15-16-22)19-23-14-9-17-26(23)18-20-10-5-3-6-11-20/h3-14,17,22,24H,2,15-16,18-19H2,1H3/t24-/m1/s1. The summed E-state index contributed by atoms with van der Waals surface area (Å²) < 4.78 is 2.27. The van der Waals surface area contributed by atoms with E-state index < -0.39 is 0 Å². The van der Waals surface area contributed by atoms with Crippen molar-refractivity contribution < 1.29 is 4.79 Å². The lowest BCUT2D eigenvalue weighted by Gasteiger charge is -2.28. The summed E-state index contributed by atoms with van der Waals surface area (Å²) in [6, 6.07) is 25.3. The van der Waals surface area contributed by atoms with Gasteiger partial charge in [0, 0.05) is 24.5 Å². The Balaban J connectivity index is 1.53. The largest absolute Gasteiger partial charge is 0.345 e. The van der Waals surface area contributed by atoms with Gasteiger partial charge in [0.2, 0.25) is 5.91 Å². The Morgan fingerprint density at radius 3 is 2.32 bits per heavy atom. The Bertz CT molecular complexity index is 897. The fourth-order valence-corrected chi connectivity index (χ4v) is 3.91. The van der Waals surface area contributed by atoms with E-state index in [2.05, 4.69) is 71.1 Å². The minimum absolute atomic E-state index is 0.0562. The van der Waals surface area contributed by atoms with Crippen molar-refractivity contribution in [3.8, 4) is 0 Å². The highest BCUT2D eigenvalue weighted by Gasteiger charge is 2.36. The van der Waals surface area contributed by atoms with Crippen LogP contribution in [0.2, 0.25) is 0 Å². The van der Waals surface area contributed by atoms with Crippen LogP contribution in [0, 0.1) is 0 Å². The van der Waals surface area contributed by atoms with Crippen LogP contribution in [0.1, 0.15) is 48.9 Å². The quantitative estimate of drug-likeness (QED) is 0.532. The van der Waals surface area contributed by atoms with Gasteiger partial charge in [-0.1, -0.05) is 67.6 Å². The first kappa shape index (κ1) is 18.5. The number of nitrogens with zero attached hydrogens (tertiary/aromatic N) is 2. The molecule has 1 aliphatic rings. The molecule has 0 aliphatic heterocycles. The van der Waals surface area contributed by atoms with Crippen LogP contribution in [0.15, 0.2) is 79.0 Å². The SMILES string of the molecule is CC[C@@H](C(=O)N(Cc1cccn1Cc1ccccc1)C1CC1)c1ccccc1. The van der Waals surface area contributed by atoms with Gasteiger partial charge in [0.25, 0.3) is 0 Å². The van der Waals surface area contributed by atoms with Crippen molar-refractivity contribution in [1.29, 1.82) is 0 Å². The Hall–Kier alpha value is -2.81. The van der Waals surface area contributed by atoms with Crippen LogP contribution in [0.25, 0.3) is 0 Å². The lowest BCUT2D eigenvalue weighted by atomic mass is 9.95. The summed E-state index contributed by atoms with van der Waals surface area (Å²) in [6.07, 6.45) is 5.19. The minimum Gasteiger partial charge on any atom is -0.345 e. The smallest absolute Gasteiger partial charge is 0.230 e. The molecular formula is C25H28N2O. The summed E-state index contributed by atoms with van der Waals surface area (Å²) in [5.41, 5.74) is 3.60. The third-order valence-corrected chi connectivity index (χ3v) is 5.63. The van der Waals surface area contributed by atoms with Gasteiger partial charge < -0.3 is 9.47 Å². The van der Waals surface area contributed by atoms with Gasteiger partial charge >= 0.3 is 0 Å². The Kier molecular flexibility index (Phi) is 5.61. The molecule has 144 valence electrons. The Morgan fingerprint density at radius 1 is 1.00 bits per heavy atom. The zero-order valence-electron chi connectivity index (χ0n) is 16.5. The number of carbonyl (C=O) groups excluding carboxylic acids is 1. The topological polar surface area (TPSA) is 25.2 Å². The van der Waals surface area contributed by atoms with Crippen LogP contribution in [-0.4, -0.2) is 21.4 Å². The summed E-state index contributed by atoms with van der Waals surface area (Å²) in [7, 11) is 0. The first-order valence-corrected chi connectivity index (χ1v) is 10.3. The second-order valence-corrected chi connectivity index (χ2v) is 7.68. The molecule has 3 heteroatoms. The predicted molar refractivity (Wildman–Crippen MR) is 113 cm³/mol. The molecule has 1 heterocycles. The molecule has 0 unspecified atom stereocenters. The molecule has 28 heavy (non-hydrogen) atoms. The van der Waals surface area contributed by atoms with Crippen molar-refractivity contribution in [3.05, 3.63) is 95.8 Å². The summed E-state index contributed by atoms with van der Waals surface area (Å²) in [5, 5.41) is 0. The fourth-order valence-electron chi connectivity index (χ4n) is 3.91. The van der Waals surface area contributed by atoms with Gasteiger partial charge in [-0.2, -0.15) is 0 Å². The van der Waals surface area contributed by atoms with Crippen molar-refractivity contribution in [2.24, 2.45) is 0 Å². The molecule has 3 nitrogen and oxygen atoms in total. The van der Waals surface area contributed by atoms with E-state index in [0.717, 1.165) is 31.4 Å². The van der Waals surface area contributed by atoms with E-state index in [1.54, 1.807) is 0 Å². The highest BCUT2D eigenvalue weighted by atomic mass is 16.2. The summed E-state index contributed by atoms with van der Waals surface area (Å²) in [5.74, 6) is 0.211. The third kappa shape index (κ3) is 4.19. The van der Waals surface area contributed by atoms with E-state index in [-0.39, 0.29) is 11.8 Å². The number of rotatable bonds is 8. The van der Waals surface area contributed by atoms with Gasteiger partial charge in [0.15, 0.2) is 0 Å². The molecule has 4 rings (SSSR count). The van der Waals surface area contributed by atoms with Crippen molar-refractivity contribution >= 4 is 5.91 Å². The van der Waals surface area contributed by atoms with E-state index in [1.807, 2.05) is 24.3 Å². The maximum atomic E-state index is 13.5. The minimum atomic E-state index is -0.0562. The number of aromatic nitrogens is 1. The van der Waals surface area contributed by atoms with Gasteiger partial charge in [-0.05, 0) is 42.5 Å². The zero-order valence-corrected chi connectivity index (χ0v) is 16.5. The summed E-state index contributed by atoms with van der Waals surface area (Å²) in [4.78, 5) is 15.6. The van der Waals surface area contributed by atoms with Crippen molar-refractivity contribution in [2.45, 2.75) is 51.2 Å². The maximum absolute atomic E-state index is 13.5. The van der Waals surface area contributed by atoms with Gasteiger partial charge in [0.05, 0.1) is 12.5 Å². The summed E-state index contributed by atoms with van der Waals surface area (Å²) >= 11 is 0. The molecule has 1 atom stereocenters. The highest BCUT2D eigenvalue weighted by molar-refractivity contribution is 5.84. The number of amides is 1. The van der Waals surface area contributed by atoms with Gasteiger partial charge in [-0.15, -0.1) is 0 Å². The van der Waals surface area contributed by atoms with Gasteiger partial charge in [-0.25, -0.2) is 0 Å². The second-order valence-electron chi connectivity index (χ2n) is 7.68. The van der Waals surface area contributed by atoms with Gasteiger partial charge in [0.1, 0.15) is 0 Å². The molecule has 1 aromatic heterocycles. The number of benzene rings is 2. The van der Waals surface area contributed by atoms with Crippen LogP contribution in [0.5, 0.6) is 0 Å². The van der Waals surface area contributed by atoms with Crippen molar-refractivity contribution in [2.75, 3.05) is 0 Å². The van der Waals surface area contributed by atoms with E-state index in [1.165, 1.54) is 11.3 Å². The molecule has 0 N–H and O–H groups in total. The molecule has 0 saturated heterocycles. The number of carbonyl (C=O) groups is 1. The molecule has 1 saturated carbocycles. The molecule has 1 fully saturated rings. The monoisotopic (exact) mass is 372 g/mol. The van der Waals surface area contributed by atoms with E-state index in [9.17, 15) is 4.79 Å². The van der Waals surface area contributed by atoms with E-state index in [0.29, 0.717) is 12.6 Å². The first-order valence-electron chi connectivity index (χ1n) is 10.3. The highest BCUT2D eigenvalue weighted by Crippen LogP contribution is 2.33. The average Bonchev–Trinajstić information content (AvgIpc) is 3.49. The Labute approximate surface area is 167 Å². The van der Waals surface area contributed by atoms with Gasteiger partial charge in [-0.3, -0.25) is 4.79 Å². The van der Waals surface area contributed by atoms with Crippen LogP contribution in [-0.2, 0) is 17.9 Å². The second kappa shape index (κ2) is 8.47. The molecular weight excluding hydrogens is 344 g/mol. The predicted octanol–water partition coefficient (Wildman–Crippen LogP) is 5.22. The van der Waals surface area contributed by atoms with Crippen LogP contribution >= 0.6 is 0 Å². The molecule has 0 spiro atoms. The zero-order chi connectivity index (χ0) is 19.3. The lowest BCUT2D eigenvalue weighted by Crippen LogP contribution is -2.37. The van der Waals surface area contributed by atoms with Crippen molar-refractivity contribution in [3.63, 3.8) is 0 Å². The van der Waals surface area contributed by atoms with Crippen LogP contribution in [0.4, 0.5) is 0 Å². The summed E-state index contributed by atoms with van der Waals surface area (Å²) in [6.45, 7) is 3.64. The van der Waals surface area contributed by atoms with Crippen molar-refractivity contribution in [1.82, 2.24) is 9.47 Å². The molecule has 2 aromatic carbocycles. The normalized spacial score (nSPS) is 14.6. The average molecular weight is 373 g/mol. The fraction of sp³-hybridized carbons (Fsp3) is 0.320. The number of hydrogen-bond donors (Lipinski definition) is 0. The third-order valence-electron chi connectivity index (χ3n) is 5.63. The molecule has 0 bridgehead atoms. The number of hydrogen-bond acceptors (Lipinski definition) is 1. The molecule has 3 aromatic rings. The first-order chi connectivity index (χ1) is 13.8. The van der Waals surface area contributed by atoms with E-state index >= 15 is 0 Å². The molecule has 1 aliphatic carbocycles. The molecule has 0 radical (unpaired) electrons. The Morgan fingerprint density at radius 2 is 1.68 bits per heavy atom.